The third-order valence-electron chi connectivity index (χ3n) is 3.14. The predicted molar refractivity (Wildman–Crippen MR) is 92.8 cm³/mol. The van der Waals surface area contributed by atoms with Gasteiger partial charge in [0.25, 0.3) is 0 Å². The molecule has 0 aliphatic heterocycles. The van der Waals surface area contributed by atoms with Gasteiger partial charge in [-0.3, -0.25) is 0 Å². The van der Waals surface area contributed by atoms with Crippen molar-refractivity contribution in [2.24, 2.45) is 0 Å². The topological polar surface area (TPSA) is 29.9 Å². The third-order valence-corrected chi connectivity index (χ3v) is 3.14. The molecule has 0 atom stereocenters. The van der Waals surface area contributed by atoms with Gasteiger partial charge in [0.05, 0.1) is 0 Å². The summed E-state index contributed by atoms with van der Waals surface area (Å²) in [7, 11) is 0. The number of hydrogen-bond donors (Lipinski definition) is 1. The number of nitrogens with one attached hydrogen (secondary N) is 1. The minimum absolute atomic E-state index is 0. The van der Waals surface area contributed by atoms with Crippen LogP contribution >= 0.6 is 0 Å². The molecule has 0 aliphatic carbocycles. The summed E-state index contributed by atoms with van der Waals surface area (Å²) in [6, 6.07) is 16.7. The minimum Gasteiger partial charge on any atom is -0.658 e. The van der Waals surface area contributed by atoms with Gasteiger partial charge in [-0.15, -0.1) is 11.4 Å². The number of rotatable bonds is 3. The molecule has 1 N–H and O–H groups in total. The van der Waals surface area contributed by atoms with Crippen LogP contribution in [0.1, 0.15) is 32.8 Å². The van der Waals surface area contributed by atoms with E-state index in [9.17, 15) is 0 Å². The molecule has 1 aromatic heterocycles. The molecule has 0 amide bonds. The molecule has 3 aromatic rings. The molecule has 0 unspecified atom stereocenters. The molecule has 0 saturated carbocycles. The van der Waals surface area contributed by atoms with E-state index in [1.807, 2.05) is 12.3 Å². The zero-order valence-corrected chi connectivity index (χ0v) is 17.2. The van der Waals surface area contributed by atoms with Crippen molar-refractivity contribution in [3.63, 3.8) is 0 Å². The summed E-state index contributed by atoms with van der Waals surface area (Å²) in [5, 5.41) is 5.83. The van der Waals surface area contributed by atoms with Crippen molar-refractivity contribution >= 4 is 22.3 Å². The molecule has 0 spiro atoms. The molecule has 110 valence electrons. The van der Waals surface area contributed by atoms with Gasteiger partial charge in [-0.25, -0.2) is 0 Å². The fraction of sp³-hybridized carbons (Fsp3) is 0.263. The normalized spacial score (nSPS) is 9.59. The van der Waals surface area contributed by atoms with Crippen LogP contribution in [0.15, 0.2) is 54.7 Å². The molecule has 0 radical (unpaired) electrons. The third kappa shape index (κ3) is 5.56. The Bertz CT molecular complexity index is 671. The standard InChI is InChI=1S/C16H15N2.C3H8.K/c1-2-12-3-5-14(6-4-12)18-15-7-8-16-13(11-15)9-10-17-16;1-3-2;/h3-11,17H,2H2,1H3;3H2,1-2H3;/q-1;;+1. The second-order valence-electron chi connectivity index (χ2n) is 5.09. The van der Waals surface area contributed by atoms with Crippen LogP contribution in [0.3, 0.4) is 0 Å². The molecule has 0 bridgehead atoms. The van der Waals surface area contributed by atoms with Crippen LogP contribution in [0.2, 0.25) is 0 Å². The monoisotopic (exact) mass is 318 g/mol. The van der Waals surface area contributed by atoms with Gasteiger partial charge in [-0.1, -0.05) is 63.6 Å². The zero-order chi connectivity index (χ0) is 15.1. The average Bonchev–Trinajstić information content (AvgIpc) is 2.96. The van der Waals surface area contributed by atoms with Gasteiger partial charge in [-0.05, 0) is 29.5 Å². The number of aromatic nitrogens is 1. The van der Waals surface area contributed by atoms with Gasteiger partial charge >= 0.3 is 51.4 Å². The van der Waals surface area contributed by atoms with E-state index in [2.05, 4.69) is 73.5 Å². The summed E-state index contributed by atoms with van der Waals surface area (Å²) in [5.74, 6) is 0. The van der Waals surface area contributed by atoms with Crippen molar-refractivity contribution in [2.45, 2.75) is 33.6 Å². The van der Waals surface area contributed by atoms with E-state index in [1.165, 1.54) is 17.4 Å². The van der Waals surface area contributed by atoms with Crippen LogP contribution in [0.5, 0.6) is 0 Å². The Kier molecular flexibility index (Phi) is 9.06. The quantitative estimate of drug-likeness (QED) is 0.717. The van der Waals surface area contributed by atoms with Crippen molar-refractivity contribution < 1.29 is 51.4 Å². The van der Waals surface area contributed by atoms with Gasteiger partial charge in [0.1, 0.15) is 0 Å². The molecular weight excluding hydrogens is 295 g/mol. The maximum absolute atomic E-state index is 4.63. The fourth-order valence-electron chi connectivity index (χ4n) is 2.07. The van der Waals surface area contributed by atoms with Crippen LogP contribution in [-0.4, -0.2) is 4.98 Å². The molecule has 0 saturated heterocycles. The SMILES string of the molecule is CCC.CCc1ccc([N-]c2ccc3[nH]ccc3c2)cc1.[K+]. The number of aryl methyl sites for hydroxylation is 1. The number of fused-ring (bicyclic) bond motifs is 1. The average molecular weight is 319 g/mol. The number of benzene rings is 2. The minimum atomic E-state index is 0. The zero-order valence-electron chi connectivity index (χ0n) is 14.1. The Morgan fingerprint density at radius 3 is 2.14 bits per heavy atom. The van der Waals surface area contributed by atoms with E-state index in [0.717, 1.165) is 23.3 Å². The second-order valence-corrected chi connectivity index (χ2v) is 5.09. The number of nitrogens with zero attached hydrogens (tertiary/aromatic N) is 1. The van der Waals surface area contributed by atoms with Crippen molar-refractivity contribution in [3.8, 4) is 0 Å². The molecule has 0 fully saturated rings. The van der Waals surface area contributed by atoms with E-state index < -0.39 is 0 Å². The summed E-state index contributed by atoms with van der Waals surface area (Å²) >= 11 is 0. The van der Waals surface area contributed by atoms with Crippen molar-refractivity contribution in [1.29, 1.82) is 0 Å². The number of aromatic amines is 1. The van der Waals surface area contributed by atoms with Crippen molar-refractivity contribution in [1.82, 2.24) is 4.98 Å². The van der Waals surface area contributed by atoms with Crippen LogP contribution < -0.4 is 51.4 Å². The Morgan fingerprint density at radius 2 is 1.50 bits per heavy atom. The van der Waals surface area contributed by atoms with Crippen LogP contribution in [0, 0.1) is 0 Å². The van der Waals surface area contributed by atoms with Gasteiger partial charge in [0.15, 0.2) is 0 Å². The van der Waals surface area contributed by atoms with Crippen molar-refractivity contribution in [2.75, 3.05) is 0 Å². The fourth-order valence-corrected chi connectivity index (χ4v) is 2.07. The van der Waals surface area contributed by atoms with E-state index in [4.69, 9.17) is 0 Å². The first-order chi connectivity index (χ1) is 10.3. The van der Waals surface area contributed by atoms with Gasteiger partial charge < -0.3 is 10.3 Å². The van der Waals surface area contributed by atoms with Crippen molar-refractivity contribution in [3.05, 3.63) is 65.6 Å². The summed E-state index contributed by atoms with van der Waals surface area (Å²) in [6.45, 7) is 6.41. The largest absolute Gasteiger partial charge is 1.00 e. The molecule has 22 heavy (non-hydrogen) atoms. The summed E-state index contributed by atoms with van der Waals surface area (Å²) in [5.41, 5.74) is 4.48. The van der Waals surface area contributed by atoms with E-state index in [1.54, 1.807) is 0 Å². The molecule has 2 nitrogen and oxygen atoms in total. The Balaban J connectivity index is 0.000000562. The first-order valence-electron chi connectivity index (χ1n) is 7.64. The first-order valence-corrected chi connectivity index (χ1v) is 7.64. The number of H-pyrrole nitrogens is 1. The van der Waals surface area contributed by atoms with Gasteiger partial charge in [0.2, 0.25) is 0 Å². The van der Waals surface area contributed by atoms with E-state index in [0.29, 0.717) is 0 Å². The number of hydrogen-bond acceptors (Lipinski definition) is 0. The smallest absolute Gasteiger partial charge is 0.658 e. The first kappa shape index (κ1) is 19.5. The maximum Gasteiger partial charge on any atom is 1.00 e. The molecule has 0 aliphatic rings. The second kappa shape index (κ2) is 10.2. The predicted octanol–water partition coefficient (Wildman–Crippen LogP) is 3.49. The van der Waals surface area contributed by atoms with Gasteiger partial charge in [-0.2, -0.15) is 0 Å². The molecular formula is C19H23KN2. The van der Waals surface area contributed by atoms with E-state index >= 15 is 0 Å². The Labute approximate surface area is 176 Å². The molecule has 3 heteroatoms. The van der Waals surface area contributed by atoms with E-state index in [-0.39, 0.29) is 51.4 Å². The Morgan fingerprint density at radius 1 is 0.864 bits per heavy atom. The summed E-state index contributed by atoms with van der Waals surface area (Å²) in [4.78, 5) is 3.18. The van der Waals surface area contributed by atoms with Crippen LogP contribution in [-0.2, 0) is 6.42 Å². The molecule has 3 rings (SSSR count). The molecule has 1 heterocycles. The summed E-state index contributed by atoms with van der Waals surface area (Å²) < 4.78 is 0. The molecule has 2 aromatic carbocycles. The van der Waals surface area contributed by atoms with Gasteiger partial charge in [0, 0.05) is 11.7 Å². The summed E-state index contributed by atoms with van der Waals surface area (Å²) in [6.07, 6.45) is 4.26. The van der Waals surface area contributed by atoms with Crippen LogP contribution in [0.25, 0.3) is 16.2 Å². The maximum atomic E-state index is 4.63. The van der Waals surface area contributed by atoms with Crippen LogP contribution in [0.4, 0.5) is 11.4 Å². The Hall–Kier alpha value is -0.584.